The lowest BCUT2D eigenvalue weighted by molar-refractivity contribution is -0.302. The normalized spacial score (nSPS) is 18.7. The van der Waals surface area contributed by atoms with Crippen LogP contribution >= 0.6 is 0 Å². The van der Waals surface area contributed by atoms with E-state index >= 15 is 0 Å². The van der Waals surface area contributed by atoms with Crippen LogP contribution in [-0.2, 0) is 14.3 Å². The molecule has 0 bridgehead atoms. The number of carbonyl (C=O) groups is 1. The van der Waals surface area contributed by atoms with Gasteiger partial charge in [0.2, 0.25) is 5.91 Å². The highest BCUT2D eigenvalue weighted by Crippen LogP contribution is 2.23. The number of nitrogens with one attached hydrogen (secondary N) is 1. The lowest BCUT2D eigenvalue weighted by atomic mass is 9.99. The van der Waals surface area contributed by atoms with E-state index in [4.69, 9.17) is 9.47 Å². The molecule has 9 heteroatoms. The number of aliphatic hydroxyl groups is 5. The van der Waals surface area contributed by atoms with Crippen molar-refractivity contribution in [3.8, 4) is 0 Å². The zero-order chi connectivity index (χ0) is 58.6. The van der Waals surface area contributed by atoms with Crippen LogP contribution in [0.5, 0.6) is 0 Å². The Labute approximate surface area is 500 Å². The maximum Gasteiger partial charge on any atom is 0.220 e. The molecule has 0 aromatic carbocycles. The molecule has 0 aromatic heterocycles. The van der Waals surface area contributed by atoms with E-state index in [9.17, 15) is 30.3 Å². The summed E-state index contributed by atoms with van der Waals surface area (Å²) >= 11 is 0. The van der Waals surface area contributed by atoms with Crippen LogP contribution in [0, 0.1) is 0 Å². The molecule has 1 aliphatic heterocycles. The predicted molar refractivity (Wildman–Crippen MR) is 346 cm³/mol. The van der Waals surface area contributed by atoms with Gasteiger partial charge in [-0.15, -0.1) is 0 Å². The first-order chi connectivity index (χ1) is 39.8. The van der Waals surface area contributed by atoms with Crippen molar-refractivity contribution in [2.45, 2.75) is 378 Å². The molecule has 7 atom stereocenters. The quantitative estimate of drug-likeness (QED) is 0.0261. The van der Waals surface area contributed by atoms with Crippen molar-refractivity contribution in [2.24, 2.45) is 0 Å². The lowest BCUT2D eigenvalue weighted by Gasteiger charge is -2.40. The molecule has 0 spiro atoms. The number of carbonyl (C=O) groups excluding carboxylic acids is 1. The van der Waals surface area contributed by atoms with Crippen LogP contribution in [-0.4, -0.2) is 87.5 Å². The molecule has 1 heterocycles. The largest absolute Gasteiger partial charge is 0.394 e. The van der Waals surface area contributed by atoms with Crippen LogP contribution in [0.25, 0.3) is 0 Å². The Balaban J connectivity index is 2.09. The van der Waals surface area contributed by atoms with E-state index in [2.05, 4.69) is 67.8 Å². The van der Waals surface area contributed by atoms with Crippen LogP contribution in [0.2, 0.25) is 0 Å². The number of amides is 1. The maximum atomic E-state index is 13.1. The van der Waals surface area contributed by atoms with Crippen LogP contribution in [0.4, 0.5) is 0 Å². The van der Waals surface area contributed by atoms with Crippen molar-refractivity contribution >= 4 is 5.91 Å². The molecule has 1 rings (SSSR count). The SMILES string of the molecule is CCCCCCCCCCC/C=C/CC/C=C/CC/C=C/C(O)C(COC1OC(CO)C(O)C(O)C1O)NC(=O)CCCCCCCCCCCCCCCCCCC/C=C\C/C=C\CCCCCCCCCCCCCCCCC. The summed E-state index contributed by atoms with van der Waals surface area (Å²) in [7, 11) is 0. The molecule has 9 nitrogen and oxygen atoms in total. The second kappa shape index (κ2) is 61.0. The Hall–Kier alpha value is -2.11. The van der Waals surface area contributed by atoms with Gasteiger partial charge in [0.05, 0.1) is 25.4 Å². The fourth-order valence-corrected chi connectivity index (χ4v) is 11.0. The third-order valence-electron chi connectivity index (χ3n) is 16.5. The van der Waals surface area contributed by atoms with E-state index in [0.717, 1.165) is 51.4 Å². The second-order valence-electron chi connectivity index (χ2n) is 24.3. The maximum absolute atomic E-state index is 13.1. The van der Waals surface area contributed by atoms with Crippen LogP contribution < -0.4 is 5.32 Å². The van der Waals surface area contributed by atoms with Crippen molar-refractivity contribution in [2.75, 3.05) is 13.2 Å². The van der Waals surface area contributed by atoms with Crippen LogP contribution in [0.15, 0.2) is 60.8 Å². The van der Waals surface area contributed by atoms with Gasteiger partial charge in [-0.1, -0.05) is 312 Å². The Morgan fingerprint density at radius 3 is 1.11 bits per heavy atom. The Morgan fingerprint density at radius 1 is 0.420 bits per heavy atom. The topological polar surface area (TPSA) is 149 Å². The van der Waals surface area contributed by atoms with Gasteiger partial charge < -0.3 is 40.3 Å². The Bertz CT molecular complexity index is 1460. The summed E-state index contributed by atoms with van der Waals surface area (Å²) in [6.07, 6.45) is 77.7. The highest BCUT2D eigenvalue weighted by molar-refractivity contribution is 5.76. The first-order valence-electron chi connectivity index (χ1n) is 35.0. The number of aliphatic hydroxyl groups excluding tert-OH is 5. The second-order valence-corrected chi connectivity index (χ2v) is 24.3. The Morgan fingerprint density at radius 2 is 0.741 bits per heavy atom. The van der Waals surface area contributed by atoms with Crippen LogP contribution in [0.3, 0.4) is 0 Å². The third kappa shape index (κ3) is 49.8. The van der Waals surface area contributed by atoms with E-state index in [0.29, 0.717) is 6.42 Å². The molecule has 0 aromatic rings. The summed E-state index contributed by atoms with van der Waals surface area (Å²) in [6.45, 7) is 3.79. The molecule has 1 saturated heterocycles. The molecule has 0 radical (unpaired) electrons. The smallest absolute Gasteiger partial charge is 0.220 e. The van der Waals surface area contributed by atoms with E-state index in [-0.39, 0.29) is 12.5 Å². The monoisotopic (exact) mass is 1140 g/mol. The molecule has 1 fully saturated rings. The van der Waals surface area contributed by atoms with Crippen LogP contribution in [0.1, 0.15) is 335 Å². The van der Waals surface area contributed by atoms with Gasteiger partial charge in [-0.05, 0) is 77.0 Å². The molecular formula is C72H133NO8. The van der Waals surface area contributed by atoms with Gasteiger partial charge in [-0.2, -0.15) is 0 Å². The summed E-state index contributed by atoms with van der Waals surface area (Å²) in [5.41, 5.74) is 0. The summed E-state index contributed by atoms with van der Waals surface area (Å²) < 4.78 is 11.3. The molecule has 0 saturated carbocycles. The minimum atomic E-state index is -1.58. The van der Waals surface area contributed by atoms with Gasteiger partial charge in [0.15, 0.2) is 6.29 Å². The number of unbranched alkanes of at least 4 members (excludes halogenated alkanes) is 43. The molecule has 1 aliphatic rings. The Kier molecular flexibility index (Phi) is 57.9. The molecular weight excluding hydrogens is 1010 g/mol. The summed E-state index contributed by atoms with van der Waals surface area (Å²) in [6, 6.07) is -0.830. The molecule has 1 amide bonds. The average Bonchev–Trinajstić information content (AvgIpc) is 3.51. The number of rotatable bonds is 61. The van der Waals surface area contributed by atoms with Crippen molar-refractivity contribution in [1.82, 2.24) is 5.32 Å². The predicted octanol–water partition coefficient (Wildman–Crippen LogP) is 19.0. The van der Waals surface area contributed by atoms with Crippen molar-refractivity contribution in [1.29, 1.82) is 0 Å². The third-order valence-corrected chi connectivity index (χ3v) is 16.5. The van der Waals surface area contributed by atoms with Crippen molar-refractivity contribution in [3.63, 3.8) is 0 Å². The highest BCUT2D eigenvalue weighted by atomic mass is 16.7. The number of ether oxygens (including phenoxy) is 2. The molecule has 7 unspecified atom stereocenters. The van der Waals surface area contributed by atoms with E-state index < -0.39 is 49.5 Å². The summed E-state index contributed by atoms with van der Waals surface area (Å²) in [5.74, 6) is -0.188. The first-order valence-corrected chi connectivity index (χ1v) is 35.0. The van der Waals surface area contributed by atoms with E-state index in [1.807, 2.05) is 6.08 Å². The molecule has 6 N–H and O–H groups in total. The van der Waals surface area contributed by atoms with Crippen molar-refractivity contribution < 1.29 is 39.8 Å². The minimum Gasteiger partial charge on any atom is -0.394 e. The number of hydrogen-bond acceptors (Lipinski definition) is 8. The molecule has 0 aliphatic carbocycles. The standard InChI is InChI=1S/C72H133NO8/c1-3-5-7-9-11-13-15-17-19-21-23-24-25-26-27-28-29-30-31-32-33-34-35-36-37-38-39-40-41-42-44-46-48-50-52-54-56-58-60-62-68(76)73-65(64-80-72-71(79)70(78)69(77)67(63-74)81-72)66(75)61-59-57-55-53-51-49-47-45-43-22-20-18-16-14-12-10-8-6-4-2/h29-30,32-33,43,45,51,53,59,61,65-67,69-72,74-75,77-79H,3-28,31,34-42,44,46-50,52,54-58,60,62-64H2,1-2H3,(H,73,76)/b30-29-,33-32-,45-43+,53-51+,61-59+. The molecule has 474 valence electrons. The van der Waals surface area contributed by atoms with E-state index in [1.165, 1.54) is 263 Å². The fourth-order valence-electron chi connectivity index (χ4n) is 11.0. The van der Waals surface area contributed by atoms with Gasteiger partial charge >= 0.3 is 0 Å². The fraction of sp³-hybridized carbons (Fsp3) is 0.847. The van der Waals surface area contributed by atoms with Crippen molar-refractivity contribution in [3.05, 3.63) is 60.8 Å². The molecule has 81 heavy (non-hydrogen) atoms. The van der Waals surface area contributed by atoms with Gasteiger partial charge in [0.25, 0.3) is 0 Å². The summed E-state index contributed by atoms with van der Waals surface area (Å²) in [4.78, 5) is 13.1. The zero-order valence-electron chi connectivity index (χ0n) is 53.0. The van der Waals surface area contributed by atoms with Gasteiger partial charge in [0, 0.05) is 6.42 Å². The number of allylic oxidation sites excluding steroid dienone is 9. The highest BCUT2D eigenvalue weighted by Gasteiger charge is 2.44. The zero-order valence-corrected chi connectivity index (χ0v) is 53.0. The van der Waals surface area contributed by atoms with Gasteiger partial charge in [-0.3, -0.25) is 4.79 Å². The average molecular weight is 1140 g/mol. The van der Waals surface area contributed by atoms with E-state index in [1.54, 1.807) is 6.08 Å². The lowest BCUT2D eigenvalue weighted by Crippen LogP contribution is -2.60. The van der Waals surface area contributed by atoms with Gasteiger partial charge in [-0.25, -0.2) is 0 Å². The summed E-state index contributed by atoms with van der Waals surface area (Å²) in [5, 5.41) is 54.6. The number of hydrogen-bond donors (Lipinski definition) is 6. The first kappa shape index (κ1) is 76.9. The van der Waals surface area contributed by atoms with Gasteiger partial charge in [0.1, 0.15) is 24.4 Å². The minimum absolute atomic E-state index is 0.188.